The Morgan fingerprint density at radius 3 is 2.91 bits per heavy atom. The normalized spacial score (nSPS) is 18.7. The van der Waals surface area contributed by atoms with Gasteiger partial charge in [0.2, 0.25) is 5.88 Å². The Morgan fingerprint density at radius 2 is 2.18 bits per heavy atom. The van der Waals surface area contributed by atoms with Crippen LogP contribution in [-0.4, -0.2) is 48.8 Å². The van der Waals surface area contributed by atoms with Crippen molar-refractivity contribution in [3.63, 3.8) is 0 Å². The van der Waals surface area contributed by atoms with E-state index < -0.39 is 0 Å². The first-order valence-corrected chi connectivity index (χ1v) is 7.51. The van der Waals surface area contributed by atoms with Gasteiger partial charge in [-0.1, -0.05) is 0 Å². The number of halogens is 1. The van der Waals surface area contributed by atoms with E-state index in [9.17, 15) is 0 Å². The molecule has 0 radical (unpaired) electrons. The molecule has 2 N–H and O–H groups in total. The van der Waals surface area contributed by atoms with Crippen molar-refractivity contribution in [2.24, 2.45) is 16.6 Å². The van der Waals surface area contributed by atoms with Gasteiger partial charge in [0.05, 0.1) is 26.4 Å². The van der Waals surface area contributed by atoms with Crippen molar-refractivity contribution < 1.29 is 9.47 Å². The van der Waals surface area contributed by atoms with Crippen LogP contribution >= 0.6 is 24.0 Å². The number of aromatic nitrogens is 1. The molecule has 22 heavy (non-hydrogen) atoms. The number of hydrogen-bond donors (Lipinski definition) is 1. The Morgan fingerprint density at radius 1 is 1.41 bits per heavy atom. The van der Waals surface area contributed by atoms with Gasteiger partial charge in [-0.15, -0.1) is 24.0 Å². The number of pyridine rings is 1. The minimum Gasteiger partial charge on any atom is -0.477 e. The molecule has 0 spiro atoms. The van der Waals surface area contributed by atoms with Crippen molar-refractivity contribution >= 4 is 29.9 Å². The molecule has 7 heteroatoms. The van der Waals surface area contributed by atoms with E-state index in [2.05, 4.69) is 14.9 Å². The first kappa shape index (κ1) is 17.3. The fraction of sp³-hybridized carbons (Fsp3) is 0.600. The van der Waals surface area contributed by atoms with Gasteiger partial charge in [0.1, 0.15) is 0 Å². The minimum absolute atomic E-state index is 0. The number of nitrogens with two attached hydrogens (primary N) is 1. The molecule has 1 aliphatic heterocycles. The zero-order valence-electron chi connectivity index (χ0n) is 12.6. The molecule has 0 aromatic carbocycles. The Hall–Kier alpha value is -1.09. The van der Waals surface area contributed by atoms with Gasteiger partial charge in [-0.2, -0.15) is 0 Å². The number of morpholine rings is 1. The number of aliphatic imine (C=N–C) groups is 1. The summed E-state index contributed by atoms with van der Waals surface area (Å²) in [7, 11) is 0. The van der Waals surface area contributed by atoms with E-state index in [1.807, 2.05) is 12.1 Å². The SMILES string of the molecule is I.NC(=NCc1ccnc(OCC2CC2)c1)N1CCOCC1. The van der Waals surface area contributed by atoms with E-state index >= 15 is 0 Å². The summed E-state index contributed by atoms with van der Waals surface area (Å²) in [6, 6.07) is 3.89. The molecule has 1 aliphatic carbocycles. The summed E-state index contributed by atoms with van der Waals surface area (Å²) in [4.78, 5) is 10.7. The third kappa shape index (κ3) is 5.28. The average molecular weight is 418 g/mol. The highest BCUT2D eigenvalue weighted by Crippen LogP contribution is 2.29. The highest BCUT2D eigenvalue weighted by Gasteiger charge is 2.22. The highest BCUT2D eigenvalue weighted by atomic mass is 127. The minimum atomic E-state index is 0. The van der Waals surface area contributed by atoms with Crippen LogP contribution in [0.2, 0.25) is 0 Å². The molecule has 0 bridgehead atoms. The summed E-state index contributed by atoms with van der Waals surface area (Å²) < 4.78 is 11.0. The molecule has 2 heterocycles. The number of ether oxygens (including phenoxy) is 2. The van der Waals surface area contributed by atoms with Crippen LogP contribution in [0.25, 0.3) is 0 Å². The van der Waals surface area contributed by atoms with Gasteiger partial charge in [0.25, 0.3) is 0 Å². The van der Waals surface area contributed by atoms with Gasteiger partial charge >= 0.3 is 0 Å². The summed E-state index contributed by atoms with van der Waals surface area (Å²) in [5, 5.41) is 0. The lowest BCUT2D eigenvalue weighted by Gasteiger charge is -2.27. The molecule has 1 aromatic heterocycles. The molecule has 0 unspecified atom stereocenters. The lowest BCUT2D eigenvalue weighted by molar-refractivity contribution is 0.0674. The Kier molecular flexibility index (Phi) is 6.69. The zero-order chi connectivity index (χ0) is 14.5. The van der Waals surface area contributed by atoms with E-state index in [1.165, 1.54) is 12.8 Å². The van der Waals surface area contributed by atoms with Crippen LogP contribution in [0.1, 0.15) is 18.4 Å². The number of rotatable bonds is 5. The lowest BCUT2D eigenvalue weighted by Crippen LogP contribution is -2.44. The van der Waals surface area contributed by atoms with Crippen molar-refractivity contribution in [3.05, 3.63) is 23.9 Å². The van der Waals surface area contributed by atoms with E-state index in [4.69, 9.17) is 15.2 Å². The Bertz CT molecular complexity index is 502. The molecule has 6 nitrogen and oxygen atoms in total. The van der Waals surface area contributed by atoms with E-state index in [0.29, 0.717) is 31.6 Å². The van der Waals surface area contributed by atoms with Crippen LogP contribution in [0.3, 0.4) is 0 Å². The zero-order valence-corrected chi connectivity index (χ0v) is 14.9. The van der Waals surface area contributed by atoms with Crippen LogP contribution in [-0.2, 0) is 11.3 Å². The largest absolute Gasteiger partial charge is 0.477 e. The smallest absolute Gasteiger partial charge is 0.213 e. The molecule has 1 saturated carbocycles. The van der Waals surface area contributed by atoms with Gasteiger partial charge in [0, 0.05) is 25.4 Å². The molecule has 2 fully saturated rings. The summed E-state index contributed by atoms with van der Waals surface area (Å²) in [5.41, 5.74) is 7.08. The predicted molar refractivity (Wildman–Crippen MR) is 95.6 cm³/mol. The molecular weight excluding hydrogens is 395 g/mol. The highest BCUT2D eigenvalue weighted by molar-refractivity contribution is 14.0. The summed E-state index contributed by atoms with van der Waals surface area (Å²) in [6.45, 7) is 4.36. The quantitative estimate of drug-likeness (QED) is 0.447. The summed E-state index contributed by atoms with van der Waals surface area (Å²) in [6.07, 6.45) is 4.32. The standard InChI is InChI=1S/C15H22N4O2.HI/c16-15(19-5-7-20-8-6-19)18-10-13-3-4-17-14(9-13)21-11-12-1-2-12;/h3-4,9,12H,1-2,5-8,10-11H2,(H2,16,18);1H. The predicted octanol–water partition coefficient (Wildman–Crippen LogP) is 1.64. The van der Waals surface area contributed by atoms with Crippen molar-refractivity contribution in [1.82, 2.24) is 9.88 Å². The first-order valence-electron chi connectivity index (χ1n) is 7.51. The maximum absolute atomic E-state index is 6.01. The third-order valence-corrected chi connectivity index (χ3v) is 3.72. The fourth-order valence-electron chi connectivity index (χ4n) is 2.18. The maximum Gasteiger partial charge on any atom is 0.213 e. The van der Waals surface area contributed by atoms with Crippen molar-refractivity contribution in [2.45, 2.75) is 19.4 Å². The molecule has 0 amide bonds. The molecular formula is C15H23IN4O2. The summed E-state index contributed by atoms with van der Waals surface area (Å²) in [5.74, 6) is 1.99. The van der Waals surface area contributed by atoms with E-state index in [1.54, 1.807) is 6.20 Å². The molecule has 1 aromatic rings. The second-order valence-corrected chi connectivity index (χ2v) is 5.53. The number of nitrogens with zero attached hydrogens (tertiary/aromatic N) is 3. The van der Waals surface area contributed by atoms with Crippen molar-refractivity contribution in [1.29, 1.82) is 0 Å². The van der Waals surface area contributed by atoms with Crippen molar-refractivity contribution in [2.75, 3.05) is 32.9 Å². The fourth-order valence-corrected chi connectivity index (χ4v) is 2.18. The maximum atomic E-state index is 6.01. The van der Waals surface area contributed by atoms with Gasteiger partial charge in [0.15, 0.2) is 5.96 Å². The first-order chi connectivity index (χ1) is 10.3. The van der Waals surface area contributed by atoms with Gasteiger partial charge < -0.3 is 20.1 Å². The van der Waals surface area contributed by atoms with Gasteiger partial charge in [-0.25, -0.2) is 9.98 Å². The molecule has 122 valence electrons. The van der Waals surface area contributed by atoms with Crippen LogP contribution in [0.15, 0.2) is 23.3 Å². The Balaban J connectivity index is 0.00000176. The lowest BCUT2D eigenvalue weighted by atomic mass is 10.3. The summed E-state index contributed by atoms with van der Waals surface area (Å²) >= 11 is 0. The van der Waals surface area contributed by atoms with E-state index in [-0.39, 0.29) is 24.0 Å². The van der Waals surface area contributed by atoms with Crippen LogP contribution < -0.4 is 10.5 Å². The molecule has 2 aliphatic rings. The van der Waals surface area contributed by atoms with Gasteiger partial charge in [-0.3, -0.25) is 0 Å². The average Bonchev–Trinajstić information content (AvgIpc) is 3.36. The molecule has 0 atom stereocenters. The molecule has 1 saturated heterocycles. The topological polar surface area (TPSA) is 73.0 Å². The number of guanidine groups is 1. The van der Waals surface area contributed by atoms with Crippen LogP contribution in [0, 0.1) is 5.92 Å². The third-order valence-electron chi connectivity index (χ3n) is 3.72. The second kappa shape index (κ2) is 8.52. The van der Waals surface area contributed by atoms with Crippen LogP contribution in [0.5, 0.6) is 5.88 Å². The molecule has 3 rings (SSSR count). The van der Waals surface area contributed by atoms with Crippen LogP contribution in [0.4, 0.5) is 0 Å². The van der Waals surface area contributed by atoms with E-state index in [0.717, 1.165) is 31.2 Å². The number of hydrogen-bond acceptors (Lipinski definition) is 4. The monoisotopic (exact) mass is 418 g/mol. The van der Waals surface area contributed by atoms with Crippen molar-refractivity contribution in [3.8, 4) is 5.88 Å². The van der Waals surface area contributed by atoms with Gasteiger partial charge in [-0.05, 0) is 30.4 Å². The Labute approximate surface area is 148 Å². The second-order valence-electron chi connectivity index (χ2n) is 5.53.